The quantitative estimate of drug-likeness (QED) is 0.184. The third-order valence-corrected chi connectivity index (χ3v) is 7.60. The molecule has 4 aromatic carbocycles. The number of aromatic nitrogens is 2. The summed E-state index contributed by atoms with van der Waals surface area (Å²) in [4.78, 5) is 31.1. The van der Waals surface area contributed by atoms with Crippen LogP contribution in [-0.2, 0) is 16.1 Å². The Balaban J connectivity index is 1.25. The van der Waals surface area contributed by atoms with E-state index in [0.717, 1.165) is 28.4 Å². The molecular formula is C35H31N3O6. The van der Waals surface area contributed by atoms with Crippen molar-refractivity contribution >= 4 is 50.3 Å². The van der Waals surface area contributed by atoms with Crippen molar-refractivity contribution in [2.45, 2.75) is 13.5 Å². The largest absolute Gasteiger partial charge is 0.493 e. The molecule has 0 bridgehead atoms. The molecule has 0 unspecified atom stereocenters. The van der Waals surface area contributed by atoms with Crippen LogP contribution in [0.4, 0.5) is 5.69 Å². The number of methoxy groups -OCH3 is 3. The van der Waals surface area contributed by atoms with Crippen LogP contribution in [0.1, 0.15) is 17.3 Å². The molecule has 0 aliphatic carbocycles. The summed E-state index contributed by atoms with van der Waals surface area (Å²) in [5.74, 6) is 0.264. The van der Waals surface area contributed by atoms with Gasteiger partial charge in [-0.25, -0.2) is 9.78 Å². The molecule has 44 heavy (non-hydrogen) atoms. The Bertz CT molecular complexity index is 2020. The Morgan fingerprint density at radius 3 is 2.16 bits per heavy atom. The van der Waals surface area contributed by atoms with Gasteiger partial charge in [-0.05, 0) is 55.5 Å². The van der Waals surface area contributed by atoms with Crippen LogP contribution in [-0.4, -0.2) is 49.4 Å². The third-order valence-electron chi connectivity index (χ3n) is 7.60. The van der Waals surface area contributed by atoms with Gasteiger partial charge in [0.15, 0.2) is 18.1 Å². The molecule has 222 valence electrons. The molecule has 0 spiro atoms. The van der Waals surface area contributed by atoms with Gasteiger partial charge in [-0.15, -0.1) is 0 Å². The van der Waals surface area contributed by atoms with Crippen LogP contribution in [0.25, 0.3) is 44.0 Å². The summed E-state index contributed by atoms with van der Waals surface area (Å²) in [6, 6.07) is 26.4. The number of benzene rings is 4. The van der Waals surface area contributed by atoms with Crippen LogP contribution in [0.15, 0.2) is 84.9 Å². The van der Waals surface area contributed by atoms with Crippen molar-refractivity contribution in [3.05, 3.63) is 90.5 Å². The lowest BCUT2D eigenvalue weighted by atomic mass is 10.0. The lowest BCUT2D eigenvalue weighted by molar-refractivity contribution is -0.119. The fourth-order valence-electron chi connectivity index (χ4n) is 5.60. The number of fused-ring (bicyclic) bond motifs is 4. The number of carbonyl (C=O) groups excluding carboxylic acids is 2. The van der Waals surface area contributed by atoms with E-state index in [4.69, 9.17) is 23.9 Å². The minimum absolute atomic E-state index is 0.279. The van der Waals surface area contributed by atoms with E-state index in [9.17, 15) is 9.59 Å². The Hall–Kier alpha value is -5.57. The number of anilines is 1. The molecule has 0 radical (unpaired) electrons. The highest BCUT2D eigenvalue weighted by Gasteiger charge is 2.20. The smallest absolute Gasteiger partial charge is 0.339 e. The zero-order valence-electron chi connectivity index (χ0n) is 24.8. The zero-order valence-corrected chi connectivity index (χ0v) is 24.8. The van der Waals surface area contributed by atoms with Gasteiger partial charge in [-0.3, -0.25) is 4.79 Å². The number of aryl methyl sites for hydroxylation is 1. The second-order valence-corrected chi connectivity index (χ2v) is 10.1. The molecule has 9 nitrogen and oxygen atoms in total. The number of hydrogen-bond donors (Lipinski definition) is 1. The van der Waals surface area contributed by atoms with E-state index in [-0.39, 0.29) is 5.56 Å². The van der Waals surface area contributed by atoms with Crippen molar-refractivity contribution in [1.29, 1.82) is 0 Å². The summed E-state index contributed by atoms with van der Waals surface area (Å²) < 4.78 is 24.2. The molecule has 0 saturated carbocycles. The lowest BCUT2D eigenvalue weighted by Crippen LogP contribution is -2.21. The maximum absolute atomic E-state index is 13.4. The van der Waals surface area contributed by atoms with Gasteiger partial charge in [-0.2, -0.15) is 0 Å². The fraction of sp³-hybridized carbons (Fsp3) is 0.171. The van der Waals surface area contributed by atoms with Crippen LogP contribution in [0.3, 0.4) is 0 Å². The molecule has 0 aliphatic heterocycles. The molecule has 2 aromatic heterocycles. The van der Waals surface area contributed by atoms with Gasteiger partial charge in [0.1, 0.15) is 0 Å². The van der Waals surface area contributed by atoms with Crippen LogP contribution in [0.5, 0.6) is 17.2 Å². The highest BCUT2D eigenvalue weighted by atomic mass is 16.5. The molecular weight excluding hydrogens is 558 g/mol. The Morgan fingerprint density at radius 1 is 0.773 bits per heavy atom. The zero-order chi connectivity index (χ0) is 30.8. The standard InChI is InChI=1S/C35H31N3O6/c1-5-38-29-13-9-7-11-24(29)25-18-22(14-15-30(25)38)36-33(39)20-44-35(40)26-19-28(37-27-12-8-6-10-23(26)27)21-16-31(41-2)34(43-4)32(17-21)42-3/h6-19H,5,20H2,1-4H3,(H,36,39). The van der Waals surface area contributed by atoms with Gasteiger partial charge in [-0.1, -0.05) is 36.4 Å². The van der Waals surface area contributed by atoms with Crippen molar-refractivity contribution in [3.63, 3.8) is 0 Å². The summed E-state index contributed by atoms with van der Waals surface area (Å²) in [5, 5.41) is 5.62. The highest BCUT2D eigenvalue weighted by Crippen LogP contribution is 2.41. The van der Waals surface area contributed by atoms with Gasteiger partial charge < -0.3 is 28.8 Å². The molecule has 0 aliphatic rings. The first kappa shape index (κ1) is 28.5. The number of esters is 1. The summed E-state index contributed by atoms with van der Waals surface area (Å²) in [7, 11) is 4.59. The summed E-state index contributed by atoms with van der Waals surface area (Å²) in [6.07, 6.45) is 0. The number of pyridine rings is 1. The van der Waals surface area contributed by atoms with E-state index in [0.29, 0.717) is 45.1 Å². The van der Waals surface area contributed by atoms with E-state index >= 15 is 0 Å². The van der Waals surface area contributed by atoms with Crippen LogP contribution in [0, 0.1) is 0 Å². The van der Waals surface area contributed by atoms with Crippen molar-refractivity contribution in [2.75, 3.05) is 33.3 Å². The highest BCUT2D eigenvalue weighted by molar-refractivity contribution is 6.10. The molecule has 0 atom stereocenters. The van der Waals surface area contributed by atoms with Gasteiger partial charge >= 0.3 is 5.97 Å². The molecule has 0 fully saturated rings. The topological polar surface area (TPSA) is 101 Å². The van der Waals surface area contributed by atoms with E-state index in [1.807, 2.05) is 48.5 Å². The first-order chi connectivity index (χ1) is 21.4. The van der Waals surface area contributed by atoms with Crippen molar-refractivity contribution in [3.8, 4) is 28.5 Å². The number of nitrogens with one attached hydrogen (secondary N) is 1. The van der Waals surface area contributed by atoms with E-state index in [1.54, 1.807) is 24.3 Å². The molecule has 1 N–H and O–H groups in total. The van der Waals surface area contributed by atoms with Crippen LogP contribution in [0.2, 0.25) is 0 Å². The summed E-state index contributed by atoms with van der Waals surface area (Å²) in [5.41, 5.74) is 4.87. The van der Waals surface area contributed by atoms with Crippen molar-refractivity contribution in [1.82, 2.24) is 9.55 Å². The Morgan fingerprint density at radius 2 is 1.45 bits per heavy atom. The minimum atomic E-state index is -0.645. The fourth-order valence-corrected chi connectivity index (χ4v) is 5.60. The monoisotopic (exact) mass is 589 g/mol. The van der Waals surface area contributed by atoms with Crippen molar-refractivity contribution < 1.29 is 28.5 Å². The average Bonchev–Trinajstić information content (AvgIpc) is 3.38. The molecule has 6 rings (SSSR count). The van der Waals surface area contributed by atoms with Gasteiger partial charge in [0.05, 0.1) is 38.1 Å². The molecule has 6 aromatic rings. The van der Waals surface area contributed by atoms with E-state index in [2.05, 4.69) is 28.9 Å². The average molecular weight is 590 g/mol. The lowest BCUT2D eigenvalue weighted by Gasteiger charge is -2.15. The molecule has 9 heteroatoms. The van der Waals surface area contributed by atoms with Crippen LogP contribution >= 0.6 is 0 Å². The maximum atomic E-state index is 13.4. The maximum Gasteiger partial charge on any atom is 0.339 e. The summed E-state index contributed by atoms with van der Waals surface area (Å²) in [6.45, 7) is 2.48. The molecule has 1 amide bonds. The second kappa shape index (κ2) is 12.0. The first-order valence-electron chi connectivity index (χ1n) is 14.1. The van der Waals surface area contributed by atoms with E-state index < -0.39 is 18.5 Å². The number of carbonyl (C=O) groups is 2. The Kier molecular flexibility index (Phi) is 7.76. The van der Waals surface area contributed by atoms with Gasteiger partial charge in [0, 0.05) is 45.0 Å². The summed E-state index contributed by atoms with van der Waals surface area (Å²) >= 11 is 0. The number of nitrogens with zero attached hydrogens (tertiary/aromatic N) is 2. The minimum Gasteiger partial charge on any atom is -0.493 e. The Labute approximate surface area is 253 Å². The predicted octanol–water partition coefficient (Wildman–Crippen LogP) is 6.85. The van der Waals surface area contributed by atoms with Crippen LogP contribution < -0.4 is 19.5 Å². The van der Waals surface area contributed by atoms with E-state index in [1.165, 1.54) is 21.3 Å². The number of para-hydroxylation sites is 2. The molecule has 0 saturated heterocycles. The first-order valence-corrected chi connectivity index (χ1v) is 14.1. The number of ether oxygens (including phenoxy) is 4. The SMILES string of the molecule is CCn1c2ccccc2c2cc(NC(=O)COC(=O)c3cc(-c4cc(OC)c(OC)c(OC)c4)nc4ccccc34)ccc21. The molecule has 2 heterocycles. The third kappa shape index (κ3) is 5.13. The van der Waals surface area contributed by atoms with Crippen molar-refractivity contribution in [2.24, 2.45) is 0 Å². The predicted molar refractivity (Wildman–Crippen MR) is 171 cm³/mol. The van der Waals surface area contributed by atoms with Gasteiger partial charge in [0.25, 0.3) is 5.91 Å². The number of hydrogen-bond acceptors (Lipinski definition) is 7. The second-order valence-electron chi connectivity index (χ2n) is 10.1. The number of amides is 1. The van der Waals surface area contributed by atoms with Gasteiger partial charge in [0.2, 0.25) is 5.75 Å². The number of rotatable bonds is 9. The normalized spacial score (nSPS) is 11.1.